The Hall–Kier alpha value is -1.88. The van der Waals surface area contributed by atoms with Crippen molar-refractivity contribution in [1.29, 1.82) is 0 Å². The molecule has 1 aromatic rings. The highest BCUT2D eigenvalue weighted by atomic mass is 32.1. The van der Waals surface area contributed by atoms with Gasteiger partial charge in [-0.25, -0.2) is 0 Å². The Balaban J connectivity index is 2.19. The van der Waals surface area contributed by atoms with E-state index >= 15 is 0 Å². The van der Waals surface area contributed by atoms with E-state index in [4.69, 9.17) is 12.2 Å². The summed E-state index contributed by atoms with van der Waals surface area (Å²) in [5.74, 6) is -0.0477. The van der Waals surface area contributed by atoms with Crippen molar-refractivity contribution in [1.82, 2.24) is 10.2 Å². The minimum absolute atomic E-state index is 0.0477. The van der Waals surface area contributed by atoms with Crippen molar-refractivity contribution in [3.63, 3.8) is 0 Å². The van der Waals surface area contributed by atoms with Crippen molar-refractivity contribution in [2.45, 2.75) is 13.3 Å². The van der Waals surface area contributed by atoms with Crippen LogP contribution >= 0.6 is 12.2 Å². The van der Waals surface area contributed by atoms with Crippen LogP contribution in [-0.4, -0.2) is 36.6 Å². The van der Waals surface area contributed by atoms with Crippen molar-refractivity contribution in [3.8, 4) is 0 Å². The summed E-state index contributed by atoms with van der Waals surface area (Å²) in [4.78, 5) is 15.8. The minimum atomic E-state index is -0.0477. The van der Waals surface area contributed by atoms with E-state index in [9.17, 15) is 4.79 Å². The van der Waals surface area contributed by atoms with Gasteiger partial charge < -0.3 is 10.2 Å². The minimum Gasteiger partial charge on any atom is -0.378 e. The Morgan fingerprint density at radius 2 is 1.95 bits per heavy atom. The first kappa shape index (κ1) is 14.5. The summed E-state index contributed by atoms with van der Waals surface area (Å²) in [7, 11) is 3.99. The number of rotatable bonds is 4. The number of hydrogen-bond acceptors (Lipinski definition) is 3. The number of nitrogens with zero attached hydrogens (tertiary/aromatic N) is 2. The van der Waals surface area contributed by atoms with Crippen molar-refractivity contribution in [2.24, 2.45) is 0 Å². The van der Waals surface area contributed by atoms with Crippen molar-refractivity contribution >= 4 is 35.0 Å². The lowest BCUT2D eigenvalue weighted by atomic mass is 10.1. The smallest absolute Gasteiger partial charge is 0.276 e. The number of thiocarbonyl (C=S) groups is 1. The highest BCUT2D eigenvalue weighted by Gasteiger charge is 2.29. The Morgan fingerprint density at radius 1 is 1.30 bits per heavy atom. The zero-order valence-corrected chi connectivity index (χ0v) is 12.8. The maximum Gasteiger partial charge on any atom is 0.276 e. The molecular formula is C15H19N3OS. The Bertz CT molecular complexity index is 549. The van der Waals surface area contributed by atoms with Gasteiger partial charge in [-0.05, 0) is 42.4 Å². The number of benzene rings is 1. The second-order valence-electron chi connectivity index (χ2n) is 4.93. The van der Waals surface area contributed by atoms with E-state index in [1.807, 2.05) is 56.3 Å². The molecule has 1 N–H and O–H groups in total. The lowest BCUT2D eigenvalue weighted by Crippen LogP contribution is -2.31. The number of nitrogens with one attached hydrogen (secondary N) is 1. The second-order valence-corrected chi connectivity index (χ2v) is 5.32. The molecule has 0 aromatic heterocycles. The van der Waals surface area contributed by atoms with Crippen LogP contribution in [0.4, 0.5) is 5.69 Å². The summed E-state index contributed by atoms with van der Waals surface area (Å²) >= 11 is 5.18. The average Bonchev–Trinajstić information content (AvgIpc) is 2.67. The van der Waals surface area contributed by atoms with Crippen LogP contribution in [0.25, 0.3) is 6.08 Å². The molecule has 1 aliphatic rings. The summed E-state index contributed by atoms with van der Waals surface area (Å²) in [5.41, 5.74) is 2.65. The van der Waals surface area contributed by atoms with Crippen LogP contribution in [0.2, 0.25) is 0 Å². The number of carbonyl (C=O) groups excluding carboxylic acids is 1. The van der Waals surface area contributed by atoms with Gasteiger partial charge in [-0.3, -0.25) is 9.69 Å². The molecule has 4 nitrogen and oxygen atoms in total. The highest BCUT2D eigenvalue weighted by molar-refractivity contribution is 7.80. The van der Waals surface area contributed by atoms with E-state index < -0.39 is 0 Å². The fourth-order valence-electron chi connectivity index (χ4n) is 2.03. The zero-order valence-electron chi connectivity index (χ0n) is 12.0. The van der Waals surface area contributed by atoms with E-state index in [2.05, 4.69) is 5.32 Å². The summed E-state index contributed by atoms with van der Waals surface area (Å²) in [6, 6.07) is 8.02. The van der Waals surface area contributed by atoms with Crippen LogP contribution in [0.3, 0.4) is 0 Å². The van der Waals surface area contributed by atoms with Gasteiger partial charge in [0.15, 0.2) is 5.11 Å². The van der Waals surface area contributed by atoms with E-state index in [0.29, 0.717) is 17.4 Å². The van der Waals surface area contributed by atoms with Gasteiger partial charge in [-0.1, -0.05) is 19.1 Å². The first-order valence-electron chi connectivity index (χ1n) is 6.65. The molecule has 5 heteroatoms. The van der Waals surface area contributed by atoms with E-state index in [1.54, 1.807) is 4.90 Å². The van der Waals surface area contributed by atoms with Crippen LogP contribution in [0, 0.1) is 0 Å². The molecule has 1 amide bonds. The maximum atomic E-state index is 12.2. The topological polar surface area (TPSA) is 35.6 Å². The molecule has 0 atom stereocenters. The molecule has 0 unspecified atom stereocenters. The maximum absolute atomic E-state index is 12.2. The van der Waals surface area contributed by atoms with Gasteiger partial charge in [0.1, 0.15) is 5.70 Å². The highest BCUT2D eigenvalue weighted by Crippen LogP contribution is 2.17. The molecule has 20 heavy (non-hydrogen) atoms. The van der Waals surface area contributed by atoms with Gasteiger partial charge in [0, 0.05) is 26.3 Å². The summed E-state index contributed by atoms with van der Waals surface area (Å²) in [5, 5.41) is 3.48. The first-order valence-corrected chi connectivity index (χ1v) is 7.05. The molecule has 1 saturated heterocycles. The third kappa shape index (κ3) is 2.99. The van der Waals surface area contributed by atoms with Crippen LogP contribution in [0.15, 0.2) is 30.0 Å². The van der Waals surface area contributed by atoms with Gasteiger partial charge in [-0.15, -0.1) is 0 Å². The molecule has 1 heterocycles. The van der Waals surface area contributed by atoms with Gasteiger partial charge >= 0.3 is 0 Å². The molecule has 0 aliphatic carbocycles. The lowest BCUT2D eigenvalue weighted by Gasteiger charge is -2.12. The molecule has 0 radical (unpaired) electrons. The monoisotopic (exact) mass is 289 g/mol. The fraction of sp³-hybridized carbons (Fsp3) is 0.333. The molecule has 1 aliphatic heterocycles. The van der Waals surface area contributed by atoms with Crippen LogP contribution in [-0.2, 0) is 4.79 Å². The standard InChI is InChI=1S/C15H19N3OS/c1-4-9-18-14(19)13(16-15(18)20)10-11-5-7-12(8-6-11)17(2)3/h5-8,10H,4,9H2,1-3H3,(H,16,20). The Labute approximate surface area is 125 Å². The summed E-state index contributed by atoms with van der Waals surface area (Å²) in [6.45, 7) is 2.68. The summed E-state index contributed by atoms with van der Waals surface area (Å²) < 4.78 is 0. The second kappa shape index (κ2) is 6.05. The van der Waals surface area contributed by atoms with E-state index in [1.165, 1.54) is 0 Å². The fourth-order valence-corrected chi connectivity index (χ4v) is 2.32. The van der Waals surface area contributed by atoms with Crippen LogP contribution in [0.1, 0.15) is 18.9 Å². The predicted octanol–water partition coefficient (Wildman–Crippen LogP) is 2.22. The number of carbonyl (C=O) groups is 1. The normalized spacial score (nSPS) is 16.8. The van der Waals surface area contributed by atoms with Crippen molar-refractivity contribution in [2.75, 3.05) is 25.5 Å². The van der Waals surface area contributed by atoms with Gasteiger partial charge in [-0.2, -0.15) is 0 Å². The van der Waals surface area contributed by atoms with Gasteiger partial charge in [0.2, 0.25) is 0 Å². The molecular weight excluding hydrogens is 270 g/mol. The van der Waals surface area contributed by atoms with E-state index in [0.717, 1.165) is 17.7 Å². The molecule has 0 saturated carbocycles. The molecule has 2 rings (SSSR count). The van der Waals surface area contributed by atoms with Crippen molar-refractivity contribution < 1.29 is 4.79 Å². The Morgan fingerprint density at radius 3 is 2.50 bits per heavy atom. The van der Waals surface area contributed by atoms with Crippen LogP contribution in [0.5, 0.6) is 0 Å². The average molecular weight is 289 g/mol. The quantitative estimate of drug-likeness (QED) is 0.681. The predicted molar refractivity (Wildman–Crippen MR) is 86.5 cm³/mol. The van der Waals surface area contributed by atoms with Gasteiger partial charge in [0.05, 0.1) is 0 Å². The lowest BCUT2D eigenvalue weighted by molar-refractivity contribution is -0.122. The number of amides is 1. The SMILES string of the molecule is CCCN1C(=O)C(=Cc2ccc(N(C)C)cc2)NC1=S. The molecule has 1 aromatic carbocycles. The zero-order chi connectivity index (χ0) is 14.7. The van der Waals surface area contributed by atoms with Crippen molar-refractivity contribution in [3.05, 3.63) is 35.5 Å². The summed E-state index contributed by atoms with van der Waals surface area (Å²) in [6.07, 6.45) is 2.72. The molecule has 0 spiro atoms. The molecule has 0 bridgehead atoms. The molecule has 1 fully saturated rings. The first-order chi connectivity index (χ1) is 9.52. The number of anilines is 1. The van der Waals surface area contributed by atoms with Crippen LogP contribution < -0.4 is 10.2 Å². The number of hydrogen-bond donors (Lipinski definition) is 1. The Kier molecular flexibility index (Phi) is 4.39. The third-order valence-electron chi connectivity index (χ3n) is 3.13. The molecule has 106 valence electrons. The van der Waals surface area contributed by atoms with E-state index in [-0.39, 0.29) is 5.91 Å². The van der Waals surface area contributed by atoms with Gasteiger partial charge in [0.25, 0.3) is 5.91 Å². The third-order valence-corrected chi connectivity index (χ3v) is 3.45. The largest absolute Gasteiger partial charge is 0.378 e.